The number of rotatable bonds is 1. The fourth-order valence-corrected chi connectivity index (χ4v) is 3.06. The van der Waals surface area contributed by atoms with E-state index in [-0.39, 0.29) is 0 Å². The minimum atomic E-state index is -4.30. The first-order chi connectivity index (χ1) is 9.45. The summed E-state index contributed by atoms with van der Waals surface area (Å²) in [5, 5.41) is 0.739. The van der Waals surface area contributed by atoms with Crippen LogP contribution >= 0.6 is 11.3 Å². The van der Waals surface area contributed by atoms with Gasteiger partial charge in [-0.1, -0.05) is 24.3 Å². The van der Waals surface area contributed by atoms with E-state index in [1.165, 1.54) is 23.5 Å². The smallest absolute Gasteiger partial charge is 0.236 e. The second-order valence-electron chi connectivity index (χ2n) is 4.52. The van der Waals surface area contributed by atoms with E-state index in [0.29, 0.717) is 5.56 Å². The number of para-hydroxylation sites is 1. The van der Waals surface area contributed by atoms with Crippen molar-refractivity contribution in [3.05, 3.63) is 53.6 Å². The van der Waals surface area contributed by atoms with Crippen LogP contribution in [0.15, 0.2) is 42.5 Å². The molecule has 3 aromatic rings. The summed E-state index contributed by atoms with van der Waals surface area (Å²) in [4.78, 5) is 4.51. The van der Waals surface area contributed by atoms with Crippen molar-refractivity contribution in [2.45, 2.75) is 13.1 Å². The van der Waals surface area contributed by atoms with E-state index in [0.717, 1.165) is 32.9 Å². The van der Waals surface area contributed by atoms with Gasteiger partial charge in [0.15, 0.2) is 0 Å². The number of hydrogen-bond acceptors (Lipinski definition) is 2. The standard InChI is InChI=1S/C15H10F3NS/c1-9-3-2-4-12-13(9)19-14(20-12)10-5-7-11(8-6-10)15(16,17)18/h2-8H,1H3. The Morgan fingerprint density at radius 1 is 1.00 bits per heavy atom. The molecule has 1 heterocycles. The van der Waals surface area contributed by atoms with Crippen molar-refractivity contribution in [3.8, 4) is 10.6 Å². The Hall–Kier alpha value is -1.88. The molecule has 0 N–H and O–H groups in total. The maximum absolute atomic E-state index is 12.5. The minimum absolute atomic E-state index is 0.640. The van der Waals surface area contributed by atoms with Crippen molar-refractivity contribution in [3.63, 3.8) is 0 Å². The zero-order valence-corrected chi connectivity index (χ0v) is 11.3. The normalized spacial score (nSPS) is 12.0. The van der Waals surface area contributed by atoms with E-state index < -0.39 is 11.7 Å². The van der Waals surface area contributed by atoms with Crippen molar-refractivity contribution in [2.24, 2.45) is 0 Å². The quantitative estimate of drug-likeness (QED) is 0.594. The SMILES string of the molecule is Cc1cccc2sc(-c3ccc(C(F)(F)F)cc3)nc12. The highest BCUT2D eigenvalue weighted by Crippen LogP contribution is 2.34. The van der Waals surface area contributed by atoms with Crippen LogP contribution in [0.5, 0.6) is 0 Å². The topological polar surface area (TPSA) is 12.9 Å². The maximum atomic E-state index is 12.5. The van der Waals surface area contributed by atoms with E-state index in [1.54, 1.807) is 0 Å². The van der Waals surface area contributed by atoms with Crippen molar-refractivity contribution in [2.75, 3.05) is 0 Å². The Labute approximate surface area is 117 Å². The van der Waals surface area contributed by atoms with Crippen LogP contribution in [0.4, 0.5) is 13.2 Å². The van der Waals surface area contributed by atoms with Crippen molar-refractivity contribution >= 4 is 21.6 Å². The fourth-order valence-electron chi connectivity index (χ4n) is 2.01. The molecule has 0 amide bonds. The third kappa shape index (κ3) is 2.29. The van der Waals surface area contributed by atoms with Gasteiger partial charge in [0, 0.05) is 5.56 Å². The zero-order valence-electron chi connectivity index (χ0n) is 10.5. The van der Waals surface area contributed by atoms with Gasteiger partial charge in [-0.25, -0.2) is 4.98 Å². The molecular formula is C15H10F3NS. The molecule has 0 saturated heterocycles. The second-order valence-corrected chi connectivity index (χ2v) is 5.55. The molecule has 20 heavy (non-hydrogen) atoms. The van der Waals surface area contributed by atoms with E-state index >= 15 is 0 Å². The van der Waals surface area contributed by atoms with Crippen LogP contribution in [0.2, 0.25) is 0 Å². The molecule has 0 fully saturated rings. The molecule has 0 spiro atoms. The molecule has 1 aromatic heterocycles. The first-order valence-corrected chi connectivity index (χ1v) is 6.80. The van der Waals surface area contributed by atoms with Gasteiger partial charge in [0.1, 0.15) is 5.01 Å². The molecule has 0 aliphatic heterocycles. The summed E-state index contributed by atoms with van der Waals surface area (Å²) in [5.41, 5.74) is 2.04. The van der Waals surface area contributed by atoms with E-state index in [2.05, 4.69) is 4.98 Å². The van der Waals surface area contributed by atoms with Gasteiger partial charge in [-0.2, -0.15) is 13.2 Å². The highest BCUT2D eigenvalue weighted by atomic mass is 32.1. The van der Waals surface area contributed by atoms with Crippen LogP contribution in [-0.2, 0) is 6.18 Å². The third-order valence-electron chi connectivity index (χ3n) is 3.08. The minimum Gasteiger partial charge on any atom is -0.236 e. The van der Waals surface area contributed by atoms with Crippen LogP contribution in [-0.4, -0.2) is 4.98 Å². The first-order valence-electron chi connectivity index (χ1n) is 5.99. The predicted molar refractivity (Wildman–Crippen MR) is 74.8 cm³/mol. The Bertz CT molecular complexity index is 757. The number of thiazole rings is 1. The fraction of sp³-hybridized carbons (Fsp3) is 0.133. The molecule has 102 valence electrons. The molecular weight excluding hydrogens is 283 g/mol. The number of benzene rings is 2. The number of aryl methyl sites for hydroxylation is 1. The molecule has 0 atom stereocenters. The van der Waals surface area contributed by atoms with Gasteiger partial charge in [0.2, 0.25) is 0 Å². The lowest BCUT2D eigenvalue weighted by atomic mass is 10.1. The first kappa shape index (κ1) is 13.1. The van der Waals surface area contributed by atoms with Gasteiger partial charge in [-0.15, -0.1) is 11.3 Å². The Morgan fingerprint density at radius 2 is 1.70 bits per heavy atom. The molecule has 1 nitrogen and oxygen atoms in total. The average Bonchev–Trinajstić information content (AvgIpc) is 2.83. The van der Waals surface area contributed by atoms with Crippen LogP contribution in [0.3, 0.4) is 0 Å². The van der Waals surface area contributed by atoms with E-state index in [4.69, 9.17) is 0 Å². The molecule has 0 aliphatic carbocycles. The summed E-state index contributed by atoms with van der Waals surface area (Å²) in [6.45, 7) is 1.97. The number of aromatic nitrogens is 1. The largest absolute Gasteiger partial charge is 0.416 e. The lowest BCUT2D eigenvalue weighted by Gasteiger charge is -2.06. The van der Waals surface area contributed by atoms with Crippen LogP contribution in [0, 0.1) is 6.92 Å². The molecule has 0 aliphatic rings. The third-order valence-corrected chi connectivity index (χ3v) is 4.15. The second kappa shape index (κ2) is 4.59. The van der Waals surface area contributed by atoms with Crippen molar-refractivity contribution in [1.82, 2.24) is 4.98 Å². The van der Waals surface area contributed by atoms with Crippen molar-refractivity contribution in [1.29, 1.82) is 0 Å². The van der Waals surface area contributed by atoms with Gasteiger partial charge in [-0.3, -0.25) is 0 Å². The molecule has 3 rings (SSSR count). The summed E-state index contributed by atoms with van der Waals surface area (Å²) in [7, 11) is 0. The summed E-state index contributed by atoms with van der Waals surface area (Å²) in [5.74, 6) is 0. The van der Waals surface area contributed by atoms with Crippen LogP contribution in [0.1, 0.15) is 11.1 Å². The Balaban J connectivity index is 2.05. The monoisotopic (exact) mass is 293 g/mol. The van der Waals surface area contributed by atoms with E-state index in [1.807, 2.05) is 25.1 Å². The molecule has 0 saturated carbocycles. The Morgan fingerprint density at radius 3 is 2.30 bits per heavy atom. The number of alkyl halides is 3. The molecule has 2 aromatic carbocycles. The van der Waals surface area contributed by atoms with Crippen LogP contribution < -0.4 is 0 Å². The van der Waals surface area contributed by atoms with E-state index in [9.17, 15) is 13.2 Å². The highest BCUT2D eigenvalue weighted by molar-refractivity contribution is 7.21. The number of fused-ring (bicyclic) bond motifs is 1. The zero-order chi connectivity index (χ0) is 14.3. The van der Waals surface area contributed by atoms with Gasteiger partial charge >= 0.3 is 6.18 Å². The molecule has 0 unspecified atom stereocenters. The Kier molecular flexibility index (Phi) is 3.01. The summed E-state index contributed by atoms with van der Waals surface area (Å²) < 4.78 is 38.6. The molecule has 0 radical (unpaired) electrons. The average molecular weight is 293 g/mol. The lowest BCUT2D eigenvalue weighted by Crippen LogP contribution is -2.03. The molecule has 0 bridgehead atoms. The summed E-state index contributed by atoms with van der Waals surface area (Å²) in [6.07, 6.45) is -4.30. The lowest BCUT2D eigenvalue weighted by molar-refractivity contribution is -0.137. The maximum Gasteiger partial charge on any atom is 0.416 e. The summed E-state index contributed by atoms with van der Waals surface area (Å²) in [6, 6.07) is 11.0. The summed E-state index contributed by atoms with van der Waals surface area (Å²) >= 11 is 1.49. The van der Waals surface area contributed by atoms with Gasteiger partial charge in [0.25, 0.3) is 0 Å². The highest BCUT2D eigenvalue weighted by Gasteiger charge is 2.30. The molecule has 5 heteroatoms. The van der Waals surface area contributed by atoms with Gasteiger partial charge in [-0.05, 0) is 30.7 Å². The number of hydrogen-bond donors (Lipinski definition) is 0. The van der Waals surface area contributed by atoms with Crippen molar-refractivity contribution < 1.29 is 13.2 Å². The number of halogens is 3. The predicted octanol–water partition coefficient (Wildman–Crippen LogP) is 5.29. The van der Waals surface area contributed by atoms with Gasteiger partial charge in [0.05, 0.1) is 15.8 Å². The van der Waals surface area contributed by atoms with Crippen LogP contribution in [0.25, 0.3) is 20.8 Å². The number of nitrogens with zero attached hydrogens (tertiary/aromatic N) is 1. The van der Waals surface area contributed by atoms with Gasteiger partial charge < -0.3 is 0 Å².